The number of methoxy groups -OCH3 is 1. The van der Waals surface area contributed by atoms with Crippen LogP contribution in [0.2, 0.25) is 0 Å². The third-order valence-electron chi connectivity index (χ3n) is 3.48. The highest BCUT2D eigenvalue weighted by molar-refractivity contribution is 5.30. The smallest absolute Gasteiger partial charge is 0.133 e. The number of halogens is 2. The van der Waals surface area contributed by atoms with E-state index in [1.165, 1.54) is 19.2 Å². The number of benzene rings is 1. The number of hydrogen-bond donors (Lipinski definition) is 1. The van der Waals surface area contributed by atoms with Crippen LogP contribution in [0, 0.1) is 17.6 Å². The minimum absolute atomic E-state index is 0.166. The molecule has 0 fully saturated rings. The molecule has 1 N–H and O–H groups in total. The molecule has 0 saturated heterocycles. The summed E-state index contributed by atoms with van der Waals surface area (Å²) in [5, 5.41) is 3.34. The average Bonchev–Trinajstić information content (AvgIpc) is 2.42. The minimum atomic E-state index is -0.516. The minimum Gasteiger partial charge on any atom is -0.497 e. The van der Waals surface area contributed by atoms with Gasteiger partial charge in [-0.05, 0) is 44.7 Å². The van der Waals surface area contributed by atoms with Gasteiger partial charge in [-0.15, -0.1) is 0 Å². The molecule has 0 bridgehead atoms. The maximum atomic E-state index is 13.8. The van der Waals surface area contributed by atoms with Gasteiger partial charge >= 0.3 is 0 Å². The van der Waals surface area contributed by atoms with Crippen molar-refractivity contribution in [2.24, 2.45) is 5.92 Å². The van der Waals surface area contributed by atoms with E-state index in [0.29, 0.717) is 12.3 Å². The number of ether oxygens (including phenoxy) is 1. The summed E-state index contributed by atoms with van der Waals surface area (Å²) in [6, 6.07) is 2.48. The SMILES string of the molecule is CCCNCCC(C)CCc1c(F)cc(OC)cc1F. The Hall–Kier alpha value is -1.16. The largest absolute Gasteiger partial charge is 0.497 e. The van der Waals surface area contributed by atoms with Gasteiger partial charge in [-0.1, -0.05) is 13.8 Å². The van der Waals surface area contributed by atoms with Gasteiger partial charge in [0.25, 0.3) is 0 Å². The van der Waals surface area contributed by atoms with Crippen molar-refractivity contribution in [2.45, 2.75) is 39.5 Å². The summed E-state index contributed by atoms with van der Waals surface area (Å²) in [5.41, 5.74) is 0.166. The molecule has 0 saturated carbocycles. The third-order valence-corrected chi connectivity index (χ3v) is 3.48. The van der Waals surface area contributed by atoms with Gasteiger partial charge in [0.15, 0.2) is 0 Å². The molecule has 0 spiro atoms. The van der Waals surface area contributed by atoms with Crippen LogP contribution in [0.1, 0.15) is 38.7 Å². The normalized spacial score (nSPS) is 12.4. The first-order valence-electron chi connectivity index (χ1n) is 7.31. The highest BCUT2D eigenvalue weighted by atomic mass is 19.1. The second kappa shape index (κ2) is 8.90. The van der Waals surface area contributed by atoms with Gasteiger partial charge in [-0.25, -0.2) is 8.78 Å². The van der Waals surface area contributed by atoms with Crippen molar-refractivity contribution in [3.8, 4) is 5.75 Å². The molecule has 2 nitrogen and oxygen atoms in total. The fourth-order valence-electron chi connectivity index (χ4n) is 2.12. The van der Waals surface area contributed by atoms with Crippen molar-refractivity contribution in [1.29, 1.82) is 0 Å². The zero-order chi connectivity index (χ0) is 15.0. The first-order valence-corrected chi connectivity index (χ1v) is 7.31. The lowest BCUT2D eigenvalue weighted by atomic mass is 9.97. The molecule has 0 aromatic heterocycles. The van der Waals surface area contributed by atoms with E-state index < -0.39 is 11.6 Å². The molecule has 1 unspecified atom stereocenters. The van der Waals surface area contributed by atoms with Crippen molar-refractivity contribution in [3.05, 3.63) is 29.3 Å². The van der Waals surface area contributed by atoms with Crippen molar-refractivity contribution in [2.75, 3.05) is 20.2 Å². The Morgan fingerprint density at radius 1 is 1.15 bits per heavy atom. The molecule has 0 heterocycles. The van der Waals surface area contributed by atoms with Crippen LogP contribution in [0.15, 0.2) is 12.1 Å². The molecule has 114 valence electrons. The molecular weight excluding hydrogens is 260 g/mol. The number of rotatable bonds is 9. The average molecular weight is 285 g/mol. The quantitative estimate of drug-likeness (QED) is 0.694. The zero-order valence-corrected chi connectivity index (χ0v) is 12.6. The van der Waals surface area contributed by atoms with E-state index in [0.717, 1.165) is 32.4 Å². The lowest BCUT2D eigenvalue weighted by molar-refractivity contribution is 0.403. The van der Waals surface area contributed by atoms with Crippen LogP contribution in [0.4, 0.5) is 8.78 Å². The van der Waals surface area contributed by atoms with E-state index in [9.17, 15) is 8.78 Å². The van der Waals surface area contributed by atoms with E-state index in [1.54, 1.807) is 0 Å². The zero-order valence-electron chi connectivity index (χ0n) is 12.6. The van der Waals surface area contributed by atoms with Gasteiger partial charge in [-0.3, -0.25) is 0 Å². The Balaban J connectivity index is 2.45. The van der Waals surface area contributed by atoms with Crippen LogP contribution in [0.25, 0.3) is 0 Å². The van der Waals surface area contributed by atoms with Crippen molar-refractivity contribution in [3.63, 3.8) is 0 Å². The molecule has 0 amide bonds. The topological polar surface area (TPSA) is 21.3 Å². The fraction of sp³-hybridized carbons (Fsp3) is 0.625. The van der Waals surface area contributed by atoms with Crippen LogP contribution in [0.3, 0.4) is 0 Å². The van der Waals surface area contributed by atoms with Gasteiger partial charge in [-0.2, -0.15) is 0 Å². The van der Waals surface area contributed by atoms with Gasteiger partial charge in [0.05, 0.1) is 7.11 Å². The first-order chi connectivity index (χ1) is 9.58. The maximum absolute atomic E-state index is 13.8. The van der Waals surface area contributed by atoms with Gasteiger partial charge < -0.3 is 10.1 Å². The van der Waals surface area contributed by atoms with Gasteiger partial charge in [0.2, 0.25) is 0 Å². The summed E-state index contributed by atoms with van der Waals surface area (Å²) in [6.07, 6.45) is 3.36. The number of hydrogen-bond acceptors (Lipinski definition) is 2. The highest BCUT2D eigenvalue weighted by Gasteiger charge is 2.13. The molecule has 1 rings (SSSR count). The van der Waals surface area contributed by atoms with E-state index in [-0.39, 0.29) is 11.3 Å². The first kappa shape index (κ1) is 16.9. The summed E-state index contributed by atoms with van der Waals surface area (Å²) in [4.78, 5) is 0. The van der Waals surface area contributed by atoms with Crippen LogP contribution >= 0.6 is 0 Å². The Morgan fingerprint density at radius 3 is 2.35 bits per heavy atom. The second-order valence-corrected chi connectivity index (χ2v) is 5.25. The summed E-state index contributed by atoms with van der Waals surface area (Å²) in [5.74, 6) is -0.364. The standard InChI is InChI=1S/C16H25F2NO/c1-4-8-19-9-7-12(2)5-6-14-15(17)10-13(20-3)11-16(14)18/h10-12,19H,4-9H2,1-3H3. The molecule has 0 aliphatic carbocycles. The Labute approximate surface area is 120 Å². The van der Waals surface area contributed by atoms with E-state index in [2.05, 4.69) is 19.2 Å². The fourth-order valence-corrected chi connectivity index (χ4v) is 2.12. The Morgan fingerprint density at radius 2 is 1.80 bits per heavy atom. The lowest BCUT2D eigenvalue weighted by Crippen LogP contribution is -2.18. The molecule has 20 heavy (non-hydrogen) atoms. The summed E-state index contributed by atoms with van der Waals surface area (Å²) < 4.78 is 32.4. The van der Waals surface area contributed by atoms with Gasteiger partial charge in [0.1, 0.15) is 17.4 Å². The molecule has 1 aromatic rings. The number of nitrogens with one attached hydrogen (secondary N) is 1. The van der Waals surface area contributed by atoms with Crippen molar-refractivity contribution in [1.82, 2.24) is 5.32 Å². The van der Waals surface area contributed by atoms with Crippen LogP contribution in [-0.2, 0) is 6.42 Å². The second-order valence-electron chi connectivity index (χ2n) is 5.25. The van der Waals surface area contributed by atoms with Crippen molar-refractivity contribution < 1.29 is 13.5 Å². The maximum Gasteiger partial charge on any atom is 0.133 e. The highest BCUT2D eigenvalue weighted by Crippen LogP contribution is 2.23. The van der Waals surface area contributed by atoms with E-state index in [1.807, 2.05) is 0 Å². The predicted molar refractivity (Wildman–Crippen MR) is 78.2 cm³/mol. The van der Waals surface area contributed by atoms with Crippen molar-refractivity contribution >= 4 is 0 Å². The van der Waals surface area contributed by atoms with Crippen LogP contribution in [0.5, 0.6) is 5.75 Å². The summed E-state index contributed by atoms with van der Waals surface area (Å²) >= 11 is 0. The van der Waals surface area contributed by atoms with Gasteiger partial charge in [0, 0.05) is 17.7 Å². The Kier molecular flexibility index (Phi) is 7.52. The van der Waals surface area contributed by atoms with E-state index in [4.69, 9.17) is 4.74 Å². The molecule has 0 aliphatic heterocycles. The molecule has 1 aromatic carbocycles. The monoisotopic (exact) mass is 285 g/mol. The lowest BCUT2D eigenvalue weighted by Gasteiger charge is -2.13. The molecule has 0 radical (unpaired) electrons. The van der Waals surface area contributed by atoms with E-state index >= 15 is 0 Å². The molecule has 4 heteroatoms. The molecule has 0 aliphatic rings. The predicted octanol–water partition coefficient (Wildman–Crippen LogP) is 3.93. The third kappa shape index (κ3) is 5.45. The van der Waals surface area contributed by atoms with Crippen LogP contribution in [-0.4, -0.2) is 20.2 Å². The van der Waals surface area contributed by atoms with Crippen LogP contribution < -0.4 is 10.1 Å². The molecule has 1 atom stereocenters. The summed E-state index contributed by atoms with van der Waals surface area (Å²) in [7, 11) is 1.40. The Bertz CT molecular complexity index is 386. The summed E-state index contributed by atoms with van der Waals surface area (Å²) in [6.45, 7) is 6.23. The molecular formula is C16H25F2NO.